The maximum absolute atomic E-state index is 5.02. The van der Waals surface area contributed by atoms with Gasteiger partial charge in [-0.25, -0.2) is 9.97 Å². The molecule has 1 aromatic heterocycles. The summed E-state index contributed by atoms with van der Waals surface area (Å²) in [6.45, 7) is 1.73. The number of hydrogen-bond acceptors (Lipinski definition) is 5. The van der Waals surface area contributed by atoms with Crippen molar-refractivity contribution < 1.29 is 0 Å². The van der Waals surface area contributed by atoms with Crippen LogP contribution < -0.4 is 10.6 Å². The summed E-state index contributed by atoms with van der Waals surface area (Å²) in [6.07, 6.45) is 8.17. The van der Waals surface area contributed by atoms with E-state index in [1.807, 2.05) is 0 Å². The Morgan fingerprint density at radius 2 is 1.72 bits per heavy atom. The Bertz CT molecular complexity index is 1050. The molecular formula is C27H31N5. The molecule has 1 fully saturated rings. The van der Waals surface area contributed by atoms with Gasteiger partial charge in [0.1, 0.15) is 5.82 Å². The molecule has 2 N–H and O–H groups in total. The van der Waals surface area contributed by atoms with Crippen molar-refractivity contribution >= 4 is 11.6 Å². The fourth-order valence-electron chi connectivity index (χ4n) is 4.62. The molecular weight excluding hydrogens is 394 g/mol. The van der Waals surface area contributed by atoms with Crippen molar-refractivity contribution in [1.82, 2.24) is 15.3 Å². The summed E-state index contributed by atoms with van der Waals surface area (Å²) < 4.78 is 0. The number of guanidine groups is 1. The van der Waals surface area contributed by atoms with Crippen LogP contribution in [0.3, 0.4) is 0 Å². The van der Waals surface area contributed by atoms with E-state index in [1.165, 1.54) is 36.9 Å². The molecule has 32 heavy (non-hydrogen) atoms. The van der Waals surface area contributed by atoms with Gasteiger partial charge in [-0.15, -0.1) is 0 Å². The van der Waals surface area contributed by atoms with Crippen LogP contribution in [0, 0.1) is 0 Å². The summed E-state index contributed by atoms with van der Waals surface area (Å²) in [4.78, 5) is 14.4. The highest BCUT2D eigenvalue weighted by Crippen LogP contribution is 2.33. The molecule has 0 atom stereocenters. The number of rotatable bonds is 7. The maximum atomic E-state index is 5.02. The second-order valence-electron chi connectivity index (χ2n) is 8.78. The molecule has 1 aliphatic heterocycles. The number of aliphatic imine (C=N–C) groups is 1. The van der Waals surface area contributed by atoms with Crippen molar-refractivity contribution in [3.63, 3.8) is 0 Å². The molecule has 0 bridgehead atoms. The van der Waals surface area contributed by atoms with Crippen molar-refractivity contribution in [3.05, 3.63) is 77.7 Å². The predicted molar refractivity (Wildman–Crippen MR) is 131 cm³/mol. The van der Waals surface area contributed by atoms with E-state index in [9.17, 15) is 0 Å². The number of nitrogens with one attached hydrogen (secondary N) is 2. The lowest BCUT2D eigenvalue weighted by atomic mass is 10.0. The van der Waals surface area contributed by atoms with Crippen LogP contribution in [0.5, 0.6) is 0 Å². The first-order chi connectivity index (χ1) is 15.8. The molecule has 2 heterocycles. The van der Waals surface area contributed by atoms with Gasteiger partial charge in [-0.1, -0.05) is 55.3 Å². The summed E-state index contributed by atoms with van der Waals surface area (Å²) in [6, 6.07) is 21.4. The van der Waals surface area contributed by atoms with Gasteiger partial charge in [-0.3, -0.25) is 4.99 Å². The van der Waals surface area contributed by atoms with Gasteiger partial charge >= 0.3 is 0 Å². The fourth-order valence-corrected chi connectivity index (χ4v) is 4.62. The third kappa shape index (κ3) is 5.16. The van der Waals surface area contributed by atoms with E-state index in [4.69, 9.17) is 9.97 Å². The summed E-state index contributed by atoms with van der Waals surface area (Å²) in [5, 5.41) is 6.58. The Morgan fingerprint density at radius 3 is 2.47 bits per heavy atom. The van der Waals surface area contributed by atoms with Gasteiger partial charge in [-0.05, 0) is 55.9 Å². The first-order valence-corrected chi connectivity index (χ1v) is 11.9. The number of aryl methyl sites for hydroxylation is 2. The highest BCUT2D eigenvalue weighted by molar-refractivity contribution is 5.94. The molecule has 1 aliphatic carbocycles. The van der Waals surface area contributed by atoms with Gasteiger partial charge in [0.2, 0.25) is 0 Å². The molecule has 5 rings (SSSR count). The smallest absolute Gasteiger partial charge is 0.195 e. The third-order valence-corrected chi connectivity index (χ3v) is 6.38. The number of hydrogen-bond donors (Lipinski definition) is 2. The quantitative estimate of drug-likeness (QED) is 0.536. The van der Waals surface area contributed by atoms with Crippen molar-refractivity contribution in [2.75, 3.05) is 18.4 Å². The molecule has 0 radical (unpaired) electrons. The standard InChI is InChI=1S/C27H31N5/c1-2-7-20(8-3-1)9-6-12-24-19-25(32-26(30-24)22-10-4-5-11-22)21-13-15-23(16-14-21)31-27-28-17-18-29-27/h1-3,7-8,13-16,19,22H,4-6,9-12,17-18H2,(H2,28,29,31). The Hall–Kier alpha value is -3.21. The average molecular weight is 426 g/mol. The second kappa shape index (κ2) is 9.94. The number of aromatic nitrogens is 2. The summed E-state index contributed by atoms with van der Waals surface area (Å²) in [5.41, 5.74) is 5.78. The molecule has 0 unspecified atom stereocenters. The molecule has 0 amide bonds. The van der Waals surface area contributed by atoms with Gasteiger partial charge in [0.05, 0.1) is 12.2 Å². The predicted octanol–water partition coefficient (Wildman–Crippen LogP) is 5.35. The summed E-state index contributed by atoms with van der Waals surface area (Å²) in [7, 11) is 0. The Kier molecular flexibility index (Phi) is 6.42. The van der Waals surface area contributed by atoms with Crippen molar-refractivity contribution in [1.29, 1.82) is 0 Å². The van der Waals surface area contributed by atoms with Crippen LogP contribution in [0.25, 0.3) is 11.3 Å². The molecule has 5 heteroatoms. The highest BCUT2D eigenvalue weighted by atomic mass is 15.2. The van der Waals surface area contributed by atoms with E-state index in [-0.39, 0.29) is 0 Å². The van der Waals surface area contributed by atoms with Gasteiger partial charge in [0, 0.05) is 29.4 Å². The lowest BCUT2D eigenvalue weighted by Crippen LogP contribution is -2.26. The van der Waals surface area contributed by atoms with Crippen LogP contribution in [0.1, 0.15) is 55.1 Å². The van der Waals surface area contributed by atoms with Crippen LogP contribution >= 0.6 is 0 Å². The zero-order valence-electron chi connectivity index (χ0n) is 18.6. The monoisotopic (exact) mass is 425 g/mol. The van der Waals surface area contributed by atoms with E-state index in [1.54, 1.807) is 0 Å². The molecule has 0 spiro atoms. The summed E-state index contributed by atoms with van der Waals surface area (Å²) >= 11 is 0. The topological polar surface area (TPSA) is 62.2 Å². The fraction of sp³-hybridized carbons (Fsp3) is 0.370. The van der Waals surface area contributed by atoms with E-state index in [2.05, 4.69) is 76.3 Å². The zero-order valence-corrected chi connectivity index (χ0v) is 18.6. The maximum Gasteiger partial charge on any atom is 0.195 e. The Morgan fingerprint density at radius 1 is 0.906 bits per heavy atom. The minimum atomic E-state index is 0.509. The van der Waals surface area contributed by atoms with E-state index < -0.39 is 0 Å². The molecule has 1 saturated carbocycles. The molecule has 0 saturated heterocycles. The highest BCUT2D eigenvalue weighted by Gasteiger charge is 2.21. The molecule has 2 aliphatic rings. The minimum absolute atomic E-state index is 0.509. The summed E-state index contributed by atoms with van der Waals surface area (Å²) in [5.74, 6) is 2.40. The lowest BCUT2D eigenvalue weighted by molar-refractivity contribution is 0.657. The van der Waals surface area contributed by atoms with Gasteiger partial charge in [0.25, 0.3) is 0 Å². The first kappa shape index (κ1) is 20.7. The van der Waals surface area contributed by atoms with Gasteiger partial charge < -0.3 is 10.6 Å². The van der Waals surface area contributed by atoms with Crippen molar-refractivity contribution in [2.45, 2.75) is 50.9 Å². The van der Waals surface area contributed by atoms with Gasteiger partial charge in [-0.2, -0.15) is 0 Å². The zero-order chi connectivity index (χ0) is 21.6. The number of anilines is 1. The molecule has 164 valence electrons. The van der Waals surface area contributed by atoms with Gasteiger partial charge in [0.15, 0.2) is 5.96 Å². The van der Waals surface area contributed by atoms with Crippen molar-refractivity contribution in [3.8, 4) is 11.3 Å². The Balaban J connectivity index is 1.34. The normalized spacial score (nSPS) is 16.1. The largest absolute Gasteiger partial charge is 0.354 e. The molecule has 5 nitrogen and oxygen atoms in total. The number of nitrogens with zero attached hydrogens (tertiary/aromatic N) is 3. The van der Waals surface area contributed by atoms with Crippen LogP contribution in [-0.4, -0.2) is 29.0 Å². The van der Waals surface area contributed by atoms with E-state index >= 15 is 0 Å². The molecule has 2 aromatic carbocycles. The SMILES string of the molecule is c1ccc(CCCc2cc(-c3ccc(NC4=NCCN4)cc3)nc(C3CCCC3)n2)cc1. The van der Waals surface area contributed by atoms with Crippen LogP contribution in [0.15, 0.2) is 65.7 Å². The molecule has 3 aromatic rings. The van der Waals surface area contributed by atoms with Crippen LogP contribution in [0.4, 0.5) is 5.69 Å². The lowest BCUT2D eigenvalue weighted by Gasteiger charge is -2.13. The van der Waals surface area contributed by atoms with E-state index in [0.29, 0.717) is 5.92 Å². The van der Waals surface area contributed by atoms with Crippen LogP contribution in [-0.2, 0) is 12.8 Å². The van der Waals surface area contributed by atoms with Crippen molar-refractivity contribution in [2.24, 2.45) is 4.99 Å². The average Bonchev–Trinajstić information content (AvgIpc) is 3.55. The number of benzene rings is 2. The van der Waals surface area contributed by atoms with E-state index in [0.717, 1.165) is 61.1 Å². The second-order valence-corrected chi connectivity index (χ2v) is 8.78. The third-order valence-electron chi connectivity index (χ3n) is 6.38. The minimum Gasteiger partial charge on any atom is -0.354 e. The van der Waals surface area contributed by atoms with Crippen LogP contribution in [0.2, 0.25) is 0 Å². The first-order valence-electron chi connectivity index (χ1n) is 11.9. The Labute approximate surface area is 190 Å².